The van der Waals surface area contributed by atoms with Gasteiger partial charge in [-0.3, -0.25) is 4.79 Å². The van der Waals surface area contributed by atoms with Gasteiger partial charge in [0.15, 0.2) is 0 Å². The number of nitrogens with two attached hydrogens (primary N) is 1. The lowest BCUT2D eigenvalue weighted by Gasteiger charge is -2.12. The van der Waals surface area contributed by atoms with Gasteiger partial charge in [-0.05, 0) is 56.7 Å². The molecule has 156 valence electrons. The van der Waals surface area contributed by atoms with Crippen LogP contribution in [0.1, 0.15) is 19.0 Å². The van der Waals surface area contributed by atoms with Gasteiger partial charge in [0.25, 0.3) is 0 Å². The van der Waals surface area contributed by atoms with E-state index >= 15 is 0 Å². The summed E-state index contributed by atoms with van der Waals surface area (Å²) in [5, 5.41) is 9.69. The number of imidazole rings is 2. The molecule has 30 heavy (non-hydrogen) atoms. The van der Waals surface area contributed by atoms with Gasteiger partial charge in [-0.15, -0.1) is 0 Å². The minimum Gasteiger partial charge on any atom is -0.393 e. The number of aliphatic hydroxyl groups is 1. The summed E-state index contributed by atoms with van der Waals surface area (Å²) in [7, 11) is 0. The molecular weight excluding hydrogens is 385 g/mol. The normalized spacial score (nSPS) is 11.7. The van der Waals surface area contributed by atoms with E-state index in [1.165, 1.54) is 12.1 Å². The molecule has 0 saturated carbocycles. The Morgan fingerprint density at radius 2 is 1.83 bits per heavy atom. The fourth-order valence-corrected chi connectivity index (χ4v) is 3.24. The van der Waals surface area contributed by atoms with Crippen molar-refractivity contribution >= 4 is 12.1 Å². The van der Waals surface area contributed by atoms with E-state index in [1.54, 1.807) is 25.4 Å². The summed E-state index contributed by atoms with van der Waals surface area (Å²) in [6.45, 7) is 4.43. The van der Waals surface area contributed by atoms with Crippen LogP contribution in [0.2, 0.25) is 0 Å². The Labute approximate surface area is 173 Å². The third-order valence-corrected chi connectivity index (χ3v) is 4.71. The van der Waals surface area contributed by atoms with Gasteiger partial charge < -0.3 is 19.8 Å². The molecule has 0 aliphatic heterocycles. The molecule has 4 aromatic rings. The summed E-state index contributed by atoms with van der Waals surface area (Å²) >= 11 is 0. The number of benzene rings is 1. The largest absolute Gasteiger partial charge is 0.393 e. The molecule has 0 aliphatic rings. The highest BCUT2D eigenvalue weighted by molar-refractivity contribution is 5.78. The maximum atomic E-state index is 13.4. The lowest BCUT2D eigenvalue weighted by atomic mass is 10.1. The molecule has 1 atom stereocenters. The number of hydrogen-bond donors (Lipinski definition) is 2. The number of nitrogens with zero attached hydrogens (tertiary/aromatic N) is 4. The summed E-state index contributed by atoms with van der Waals surface area (Å²) in [5.41, 5.74) is 9.67. The van der Waals surface area contributed by atoms with Crippen LogP contribution in [0.15, 0.2) is 55.1 Å². The Morgan fingerprint density at radius 3 is 2.50 bits per heavy atom. The molecule has 7 nitrogen and oxygen atoms in total. The Hall–Kier alpha value is -3.52. The molecule has 0 radical (unpaired) electrons. The summed E-state index contributed by atoms with van der Waals surface area (Å²) in [6.07, 6.45) is 6.14. The maximum absolute atomic E-state index is 13.4. The number of carbonyl (C=O) groups excluding carboxylic acids is 1. The van der Waals surface area contributed by atoms with E-state index in [0.29, 0.717) is 13.0 Å². The minimum atomic E-state index is -0.395. The van der Waals surface area contributed by atoms with Gasteiger partial charge in [-0.2, -0.15) is 0 Å². The smallest absolute Gasteiger partial charge is 0.204 e. The summed E-state index contributed by atoms with van der Waals surface area (Å²) in [5.74, 6) is -0.274. The van der Waals surface area contributed by atoms with Crippen LogP contribution in [-0.2, 0) is 11.3 Å². The zero-order valence-electron chi connectivity index (χ0n) is 16.9. The molecule has 1 unspecified atom stereocenters. The highest BCUT2D eigenvalue weighted by Crippen LogP contribution is 2.32. The third-order valence-electron chi connectivity index (χ3n) is 4.71. The van der Waals surface area contributed by atoms with E-state index < -0.39 is 6.10 Å². The highest BCUT2D eigenvalue weighted by Gasteiger charge is 2.16. The van der Waals surface area contributed by atoms with Crippen LogP contribution < -0.4 is 5.73 Å². The second-order valence-corrected chi connectivity index (χ2v) is 6.96. The van der Waals surface area contributed by atoms with Crippen molar-refractivity contribution < 1.29 is 14.3 Å². The number of aryl methyl sites for hydroxylation is 2. The average molecular weight is 409 g/mol. The first-order valence-corrected chi connectivity index (χ1v) is 9.53. The van der Waals surface area contributed by atoms with Gasteiger partial charge in [0.2, 0.25) is 6.41 Å². The van der Waals surface area contributed by atoms with Crippen molar-refractivity contribution in [3.05, 3.63) is 66.6 Å². The van der Waals surface area contributed by atoms with E-state index in [1.807, 2.05) is 40.4 Å². The zero-order valence-corrected chi connectivity index (χ0v) is 16.9. The van der Waals surface area contributed by atoms with Crippen molar-refractivity contribution in [3.8, 4) is 22.5 Å². The molecule has 0 aliphatic carbocycles. The number of rotatable bonds is 5. The number of aliphatic hydroxyl groups excluding tert-OH is 1. The van der Waals surface area contributed by atoms with E-state index in [0.717, 1.165) is 33.9 Å². The fourth-order valence-electron chi connectivity index (χ4n) is 3.24. The number of halogens is 1. The molecule has 3 N–H and O–H groups in total. The summed E-state index contributed by atoms with van der Waals surface area (Å²) in [4.78, 5) is 17.6. The van der Waals surface area contributed by atoms with Crippen molar-refractivity contribution in [2.75, 3.05) is 0 Å². The van der Waals surface area contributed by atoms with Crippen LogP contribution in [0.5, 0.6) is 0 Å². The first kappa shape index (κ1) is 21.2. The SMILES string of the molecule is Cc1cnc2ccc(-c3c(-c4ccc(F)cc4)ncn3CCC(C)O)cn12.NC=O. The van der Waals surface area contributed by atoms with E-state index in [4.69, 9.17) is 4.79 Å². The van der Waals surface area contributed by atoms with Gasteiger partial charge in [-0.25, -0.2) is 14.4 Å². The van der Waals surface area contributed by atoms with Crippen LogP contribution in [0.3, 0.4) is 0 Å². The Bertz CT molecular complexity index is 1130. The molecule has 0 bridgehead atoms. The molecule has 0 fully saturated rings. The van der Waals surface area contributed by atoms with Gasteiger partial charge >= 0.3 is 0 Å². The maximum Gasteiger partial charge on any atom is 0.204 e. The Kier molecular flexibility index (Phi) is 6.58. The number of fused-ring (bicyclic) bond motifs is 1. The number of primary amides is 1. The molecule has 1 aromatic carbocycles. The highest BCUT2D eigenvalue weighted by atomic mass is 19.1. The molecule has 1 amide bonds. The summed E-state index contributed by atoms with van der Waals surface area (Å²) in [6, 6.07) is 10.4. The van der Waals surface area contributed by atoms with E-state index in [-0.39, 0.29) is 12.2 Å². The van der Waals surface area contributed by atoms with Gasteiger partial charge in [0.05, 0.1) is 23.8 Å². The average Bonchev–Trinajstić information content (AvgIpc) is 3.31. The minimum absolute atomic E-state index is 0.250. The standard InChI is InChI=1S/C21H21FN4O.CH3NO/c1-14-11-23-19-8-5-17(12-26(14)19)21-20(16-3-6-18(22)7-4-16)24-13-25(21)10-9-15(2)27;2-1-3/h3-8,11-13,15,27H,9-10H2,1-2H3;1H,(H2,2,3). The van der Waals surface area contributed by atoms with Crippen molar-refractivity contribution in [2.45, 2.75) is 32.9 Å². The zero-order chi connectivity index (χ0) is 21.7. The lowest BCUT2D eigenvalue weighted by molar-refractivity contribution is -0.106. The van der Waals surface area contributed by atoms with Crippen LogP contribution in [0.25, 0.3) is 28.2 Å². The molecule has 0 saturated heterocycles. The Balaban J connectivity index is 0.000000806. The van der Waals surface area contributed by atoms with Gasteiger partial charge in [0, 0.05) is 35.8 Å². The fraction of sp³-hybridized carbons (Fsp3) is 0.227. The van der Waals surface area contributed by atoms with Gasteiger partial charge in [-0.1, -0.05) is 0 Å². The number of aromatic nitrogens is 4. The molecule has 8 heteroatoms. The van der Waals surface area contributed by atoms with Crippen molar-refractivity contribution in [1.82, 2.24) is 18.9 Å². The van der Waals surface area contributed by atoms with E-state index in [2.05, 4.69) is 15.7 Å². The number of carbonyl (C=O) groups is 1. The van der Waals surface area contributed by atoms with Crippen molar-refractivity contribution in [3.63, 3.8) is 0 Å². The second-order valence-electron chi connectivity index (χ2n) is 6.96. The molecule has 3 heterocycles. The predicted molar refractivity (Wildman–Crippen MR) is 113 cm³/mol. The molecular formula is C22H24FN5O2. The van der Waals surface area contributed by atoms with Crippen LogP contribution >= 0.6 is 0 Å². The monoisotopic (exact) mass is 409 g/mol. The number of amides is 1. The number of pyridine rings is 1. The first-order chi connectivity index (χ1) is 14.4. The quantitative estimate of drug-likeness (QED) is 0.495. The Morgan fingerprint density at radius 1 is 1.17 bits per heavy atom. The topological polar surface area (TPSA) is 98.4 Å². The summed E-state index contributed by atoms with van der Waals surface area (Å²) < 4.78 is 17.4. The molecule has 4 rings (SSSR count). The second kappa shape index (κ2) is 9.32. The van der Waals surface area contributed by atoms with Gasteiger partial charge in [0.1, 0.15) is 11.5 Å². The van der Waals surface area contributed by atoms with Crippen molar-refractivity contribution in [2.24, 2.45) is 5.73 Å². The third kappa shape index (κ3) is 4.55. The van der Waals surface area contributed by atoms with Crippen LogP contribution in [0.4, 0.5) is 4.39 Å². The van der Waals surface area contributed by atoms with E-state index in [9.17, 15) is 9.50 Å². The molecule has 0 spiro atoms. The molecule has 3 aromatic heterocycles. The van der Waals surface area contributed by atoms with Crippen molar-refractivity contribution in [1.29, 1.82) is 0 Å². The van der Waals surface area contributed by atoms with Crippen LogP contribution in [-0.4, -0.2) is 36.6 Å². The number of hydrogen-bond acceptors (Lipinski definition) is 4. The first-order valence-electron chi connectivity index (χ1n) is 9.53. The predicted octanol–water partition coefficient (Wildman–Crippen LogP) is 3.18. The van der Waals surface area contributed by atoms with Crippen LogP contribution in [0, 0.1) is 12.7 Å². The lowest BCUT2D eigenvalue weighted by Crippen LogP contribution is -2.07.